The molecule has 1 atom stereocenters. The lowest BCUT2D eigenvalue weighted by molar-refractivity contribution is -0.121. The van der Waals surface area contributed by atoms with Crippen molar-refractivity contribution in [2.45, 2.75) is 58.4 Å². The molecular formula is C23H31NO2. The van der Waals surface area contributed by atoms with Crippen LogP contribution in [0.2, 0.25) is 0 Å². The topological polar surface area (TPSA) is 38.3 Å². The normalized spacial score (nSPS) is 33.4. The molecule has 1 amide bonds. The van der Waals surface area contributed by atoms with E-state index in [1.807, 2.05) is 31.2 Å². The predicted molar refractivity (Wildman–Crippen MR) is 105 cm³/mol. The second-order valence-electron chi connectivity index (χ2n) is 9.09. The number of amides is 1. The van der Waals surface area contributed by atoms with Gasteiger partial charge in [0.1, 0.15) is 5.75 Å². The summed E-state index contributed by atoms with van der Waals surface area (Å²) in [5, 5.41) is 3.29. The molecule has 4 saturated carbocycles. The molecular weight excluding hydrogens is 322 g/mol. The average Bonchev–Trinajstić information content (AvgIpc) is 2.59. The van der Waals surface area contributed by atoms with Gasteiger partial charge in [-0.1, -0.05) is 11.6 Å². The van der Waals surface area contributed by atoms with Crippen LogP contribution in [0.1, 0.15) is 56.6 Å². The van der Waals surface area contributed by atoms with Crippen molar-refractivity contribution in [3.8, 4) is 5.75 Å². The van der Waals surface area contributed by atoms with Gasteiger partial charge < -0.3 is 10.1 Å². The fourth-order valence-corrected chi connectivity index (χ4v) is 6.27. The maximum Gasteiger partial charge on any atom is 0.244 e. The molecule has 4 aliphatic carbocycles. The first-order chi connectivity index (χ1) is 12.5. The molecule has 1 aromatic rings. The third-order valence-electron chi connectivity index (χ3n) is 7.16. The standard InChI is InChI=1S/C23H31NO2/c1-15-4-6-21(26-3)20(8-15)5-7-22(25)24-16(2)23-12-17-9-18(13-23)11-19(10-17)14-23/h4-8,16-19H,9-14H2,1-3H3,(H,24,25)/b7-5+/t16-,17?,18?,19?,23?/m0/s1. The summed E-state index contributed by atoms with van der Waals surface area (Å²) in [6.07, 6.45) is 11.8. The molecule has 3 nitrogen and oxygen atoms in total. The summed E-state index contributed by atoms with van der Waals surface area (Å²) in [6.45, 7) is 4.28. The maximum atomic E-state index is 12.6. The van der Waals surface area contributed by atoms with Crippen LogP contribution < -0.4 is 10.1 Å². The Labute approximate surface area is 157 Å². The second-order valence-corrected chi connectivity index (χ2v) is 9.09. The van der Waals surface area contributed by atoms with E-state index in [0.29, 0.717) is 5.41 Å². The van der Waals surface area contributed by atoms with E-state index in [1.54, 1.807) is 13.2 Å². The predicted octanol–water partition coefficient (Wildman–Crippen LogP) is 4.74. The molecule has 0 radical (unpaired) electrons. The number of hydrogen-bond donors (Lipinski definition) is 1. The molecule has 26 heavy (non-hydrogen) atoms. The maximum absolute atomic E-state index is 12.6. The van der Waals surface area contributed by atoms with Crippen LogP contribution in [0.4, 0.5) is 0 Å². The number of nitrogens with one attached hydrogen (secondary N) is 1. The molecule has 0 heterocycles. The first kappa shape index (κ1) is 17.6. The number of benzene rings is 1. The summed E-state index contributed by atoms with van der Waals surface area (Å²) in [5.41, 5.74) is 2.46. The summed E-state index contributed by atoms with van der Waals surface area (Å²) in [6, 6.07) is 6.27. The molecule has 3 heteroatoms. The molecule has 140 valence electrons. The summed E-state index contributed by atoms with van der Waals surface area (Å²) in [5.74, 6) is 3.54. The van der Waals surface area contributed by atoms with Crippen LogP contribution in [0, 0.1) is 30.1 Å². The van der Waals surface area contributed by atoms with Crippen LogP contribution in [-0.4, -0.2) is 19.1 Å². The lowest BCUT2D eigenvalue weighted by Crippen LogP contribution is -2.55. The molecule has 4 aliphatic rings. The molecule has 0 unspecified atom stereocenters. The second kappa shape index (κ2) is 6.75. The number of methoxy groups -OCH3 is 1. The zero-order valence-electron chi connectivity index (χ0n) is 16.3. The SMILES string of the molecule is COc1ccc(C)cc1/C=C/C(=O)N[C@@H](C)C12CC3CC(CC(C3)C1)C2. The van der Waals surface area contributed by atoms with Crippen LogP contribution in [0.15, 0.2) is 24.3 Å². The van der Waals surface area contributed by atoms with Crippen molar-refractivity contribution in [1.82, 2.24) is 5.32 Å². The highest BCUT2D eigenvalue weighted by molar-refractivity contribution is 5.92. The number of carbonyl (C=O) groups is 1. The summed E-state index contributed by atoms with van der Waals surface area (Å²) < 4.78 is 5.40. The highest BCUT2D eigenvalue weighted by Gasteiger charge is 2.53. The van der Waals surface area contributed by atoms with Gasteiger partial charge in [-0.2, -0.15) is 0 Å². The van der Waals surface area contributed by atoms with Crippen molar-refractivity contribution >= 4 is 12.0 Å². The minimum Gasteiger partial charge on any atom is -0.496 e. The zero-order valence-corrected chi connectivity index (χ0v) is 16.3. The number of ether oxygens (including phenoxy) is 1. The van der Waals surface area contributed by atoms with E-state index >= 15 is 0 Å². The third kappa shape index (κ3) is 3.28. The molecule has 5 rings (SSSR count). The minimum absolute atomic E-state index is 0.0109. The first-order valence-electron chi connectivity index (χ1n) is 10.1. The first-order valence-corrected chi connectivity index (χ1v) is 10.1. The van der Waals surface area contributed by atoms with Gasteiger partial charge in [-0.3, -0.25) is 4.79 Å². The van der Waals surface area contributed by atoms with Crippen LogP contribution in [0.25, 0.3) is 6.08 Å². The van der Waals surface area contributed by atoms with E-state index in [4.69, 9.17) is 4.74 Å². The van der Waals surface area contributed by atoms with Gasteiger partial charge >= 0.3 is 0 Å². The summed E-state index contributed by atoms with van der Waals surface area (Å²) in [4.78, 5) is 12.6. The Kier molecular flexibility index (Phi) is 4.58. The van der Waals surface area contributed by atoms with Crippen molar-refractivity contribution in [2.24, 2.45) is 23.2 Å². The molecule has 1 aromatic carbocycles. The monoisotopic (exact) mass is 353 g/mol. The van der Waals surface area contributed by atoms with E-state index in [1.165, 1.54) is 38.5 Å². The van der Waals surface area contributed by atoms with Crippen molar-refractivity contribution in [2.75, 3.05) is 7.11 Å². The van der Waals surface area contributed by atoms with Gasteiger partial charge in [-0.15, -0.1) is 0 Å². The van der Waals surface area contributed by atoms with Crippen LogP contribution in [0.3, 0.4) is 0 Å². The molecule has 4 fully saturated rings. The van der Waals surface area contributed by atoms with Gasteiger partial charge in [0.2, 0.25) is 5.91 Å². The number of aryl methyl sites for hydroxylation is 1. The minimum atomic E-state index is 0.0109. The van der Waals surface area contributed by atoms with Crippen LogP contribution in [-0.2, 0) is 4.79 Å². The van der Waals surface area contributed by atoms with Crippen molar-refractivity contribution in [3.63, 3.8) is 0 Å². The quantitative estimate of drug-likeness (QED) is 0.777. The van der Waals surface area contributed by atoms with Crippen LogP contribution in [0.5, 0.6) is 5.75 Å². The van der Waals surface area contributed by atoms with E-state index in [0.717, 1.165) is 34.6 Å². The largest absolute Gasteiger partial charge is 0.496 e. The fourth-order valence-electron chi connectivity index (χ4n) is 6.27. The van der Waals surface area contributed by atoms with E-state index in [-0.39, 0.29) is 11.9 Å². The number of hydrogen-bond acceptors (Lipinski definition) is 2. The lowest BCUT2D eigenvalue weighted by Gasteiger charge is -2.59. The Balaban J connectivity index is 1.43. The highest BCUT2D eigenvalue weighted by Crippen LogP contribution is 2.61. The van der Waals surface area contributed by atoms with Gasteiger partial charge in [0, 0.05) is 17.7 Å². The molecule has 0 aliphatic heterocycles. The van der Waals surface area contributed by atoms with Crippen molar-refractivity contribution in [1.29, 1.82) is 0 Å². The Morgan fingerprint density at radius 1 is 1.19 bits per heavy atom. The van der Waals surface area contributed by atoms with Gasteiger partial charge in [-0.05, 0) is 93.7 Å². The lowest BCUT2D eigenvalue weighted by atomic mass is 9.48. The van der Waals surface area contributed by atoms with Crippen molar-refractivity contribution < 1.29 is 9.53 Å². The fraction of sp³-hybridized carbons (Fsp3) is 0.609. The molecule has 0 spiro atoms. The number of carbonyl (C=O) groups excluding carboxylic acids is 1. The Morgan fingerprint density at radius 2 is 1.81 bits per heavy atom. The van der Waals surface area contributed by atoms with E-state index in [9.17, 15) is 4.79 Å². The molecule has 0 saturated heterocycles. The van der Waals surface area contributed by atoms with Crippen molar-refractivity contribution in [3.05, 3.63) is 35.4 Å². The molecule has 1 N–H and O–H groups in total. The van der Waals surface area contributed by atoms with E-state index in [2.05, 4.69) is 12.2 Å². The summed E-state index contributed by atoms with van der Waals surface area (Å²) in [7, 11) is 1.66. The van der Waals surface area contributed by atoms with Gasteiger partial charge in [0.05, 0.1) is 7.11 Å². The Bertz CT molecular complexity index is 686. The third-order valence-corrected chi connectivity index (χ3v) is 7.16. The molecule has 4 bridgehead atoms. The molecule has 0 aromatic heterocycles. The Morgan fingerprint density at radius 3 is 2.38 bits per heavy atom. The smallest absolute Gasteiger partial charge is 0.244 e. The van der Waals surface area contributed by atoms with Crippen LogP contribution >= 0.6 is 0 Å². The highest BCUT2D eigenvalue weighted by atomic mass is 16.5. The summed E-state index contributed by atoms with van der Waals surface area (Å²) >= 11 is 0. The zero-order chi connectivity index (χ0) is 18.3. The van der Waals surface area contributed by atoms with Gasteiger partial charge in [-0.25, -0.2) is 0 Å². The Hall–Kier alpha value is -1.77. The van der Waals surface area contributed by atoms with Gasteiger partial charge in [0.25, 0.3) is 0 Å². The average molecular weight is 354 g/mol. The number of rotatable bonds is 5. The van der Waals surface area contributed by atoms with E-state index < -0.39 is 0 Å². The van der Waals surface area contributed by atoms with Gasteiger partial charge in [0.15, 0.2) is 0 Å².